The van der Waals surface area contributed by atoms with E-state index in [9.17, 15) is 4.39 Å². The lowest BCUT2D eigenvalue weighted by atomic mass is 10.4. The minimum Gasteiger partial charge on any atom is -0.356 e. The summed E-state index contributed by atoms with van der Waals surface area (Å²) >= 11 is 5.66. The van der Waals surface area contributed by atoms with Gasteiger partial charge in [-0.3, -0.25) is 0 Å². The van der Waals surface area contributed by atoms with Gasteiger partial charge in [-0.2, -0.15) is 4.98 Å². The van der Waals surface area contributed by atoms with Gasteiger partial charge < -0.3 is 9.80 Å². The molecule has 1 fully saturated rings. The minimum atomic E-state index is -0.432. The number of rotatable bonds is 4. The van der Waals surface area contributed by atoms with Gasteiger partial charge in [-0.1, -0.05) is 0 Å². The first-order valence-electron chi connectivity index (χ1n) is 5.78. The van der Waals surface area contributed by atoms with E-state index in [2.05, 4.69) is 14.9 Å². The Morgan fingerprint density at radius 2 is 2.18 bits per heavy atom. The molecule has 0 radical (unpaired) electrons. The summed E-state index contributed by atoms with van der Waals surface area (Å²) in [4.78, 5) is 11.7. The normalized spacial score (nSPS) is 16.4. The van der Waals surface area contributed by atoms with Gasteiger partial charge in [-0.25, -0.2) is 9.37 Å². The summed E-state index contributed by atoms with van der Waals surface area (Å²) in [5.41, 5.74) is 0. The third kappa shape index (κ3) is 3.26. The van der Waals surface area contributed by atoms with Gasteiger partial charge >= 0.3 is 0 Å². The zero-order valence-corrected chi connectivity index (χ0v) is 10.6. The first-order valence-corrected chi connectivity index (χ1v) is 6.16. The zero-order chi connectivity index (χ0) is 12.3. The molecule has 1 saturated heterocycles. The number of anilines is 1. The molecular formula is C11H16ClFN4. The van der Waals surface area contributed by atoms with Crippen LogP contribution in [0.5, 0.6) is 0 Å². The Morgan fingerprint density at radius 3 is 2.88 bits per heavy atom. The summed E-state index contributed by atoms with van der Waals surface area (Å²) in [6.45, 7) is 3.95. The Hall–Kier alpha value is -0.940. The highest BCUT2D eigenvalue weighted by Crippen LogP contribution is 2.16. The van der Waals surface area contributed by atoms with Crippen LogP contribution < -0.4 is 4.90 Å². The predicted molar refractivity (Wildman–Crippen MR) is 65.9 cm³/mol. The number of hydrogen-bond donors (Lipinski definition) is 0. The molecule has 0 spiro atoms. The van der Waals surface area contributed by atoms with E-state index < -0.39 is 5.82 Å². The molecule has 94 valence electrons. The van der Waals surface area contributed by atoms with Crippen LogP contribution >= 0.6 is 11.6 Å². The lowest BCUT2D eigenvalue weighted by Gasteiger charge is -2.22. The lowest BCUT2D eigenvalue weighted by Crippen LogP contribution is -2.32. The summed E-state index contributed by atoms with van der Waals surface area (Å²) in [5.74, 6) is -0.164. The second-order valence-corrected chi connectivity index (χ2v) is 4.62. The second kappa shape index (κ2) is 5.60. The fourth-order valence-electron chi connectivity index (χ4n) is 2.01. The summed E-state index contributed by atoms with van der Waals surface area (Å²) in [6, 6.07) is 0. The van der Waals surface area contributed by atoms with E-state index in [-0.39, 0.29) is 11.1 Å². The van der Waals surface area contributed by atoms with Gasteiger partial charge in [0, 0.05) is 20.1 Å². The fraction of sp³-hybridized carbons (Fsp3) is 0.636. The van der Waals surface area contributed by atoms with Crippen LogP contribution in [0.4, 0.5) is 10.2 Å². The molecule has 1 aromatic heterocycles. The molecule has 17 heavy (non-hydrogen) atoms. The molecule has 6 heteroatoms. The first kappa shape index (κ1) is 12.5. The van der Waals surface area contributed by atoms with Crippen molar-refractivity contribution in [2.45, 2.75) is 12.8 Å². The predicted octanol–water partition coefficient (Wildman–Crippen LogP) is 1.80. The van der Waals surface area contributed by atoms with Crippen molar-refractivity contribution >= 4 is 17.4 Å². The molecule has 2 heterocycles. The van der Waals surface area contributed by atoms with Crippen LogP contribution in [-0.4, -0.2) is 48.1 Å². The van der Waals surface area contributed by atoms with Crippen molar-refractivity contribution < 1.29 is 4.39 Å². The third-order valence-corrected chi connectivity index (χ3v) is 3.19. The highest BCUT2D eigenvalue weighted by atomic mass is 35.5. The Morgan fingerprint density at radius 1 is 1.47 bits per heavy atom. The van der Waals surface area contributed by atoms with Gasteiger partial charge in [0.15, 0.2) is 11.6 Å². The quantitative estimate of drug-likeness (QED) is 0.771. The van der Waals surface area contributed by atoms with Crippen LogP contribution in [0.1, 0.15) is 12.8 Å². The standard InChI is InChI=1S/C11H16ClFN4/c1-16(6-7-17-4-2-3-5-17)10-9(13)8-14-11(12)15-10/h8H,2-7H2,1H3. The molecule has 1 aliphatic heterocycles. The van der Waals surface area contributed by atoms with E-state index in [0.717, 1.165) is 32.4 Å². The van der Waals surface area contributed by atoms with Crippen molar-refractivity contribution in [2.75, 3.05) is 38.1 Å². The van der Waals surface area contributed by atoms with Crippen LogP contribution in [0.2, 0.25) is 5.28 Å². The van der Waals surface area contributed by atoms with Crippen molar-refractivity contribution in [1.29, 1.82) is 0 Å². The molecule has 0 bridgehead atoms. The molecule has 1 aliphatic rings. The smallest absolute Gasteiger partial charge is 0.224 e. The van der Waals surface area contributed by atoms with Crippen LogP contribution in [0.25, 0.3) is 0 Å². The van der Waals surface area contributed by atoms with Gasteiger partial charge in [0.05, 0.1) is 6.20 Å². The largest absolute Gasteiger partial charge is 0.356 e. The molecule has 0 N–H and O–H groups in total. The molecule has 1 aromatic rings. The van der Waals surface area contributed by atoms with Crippen molar-refractivity contribution in [2.24, 2.45) is 0 Å². The number of halogens is 2. The van der Waals surface area contributed by atoms with E-state index >= 15 is 0 Å². The Kier molecular flexibility index (Phi) is 4.12. The molecule has 0 amide bonds. The van der Waals surface area contributed by atoms with Crippen molar-refractivity contribution in [3.63, 3.8) is 0 Å². The second-order valence-electron chi connectivity index (χ2n) is 4.28. The maximum Gasteiger partial charge on any atom is 0.224 e. The maximum atomic E-state index is 13.5. The number of likely N-dealkylation sites (tertiary alicyclic amines) is 1. The number of hydrogen-bond acceptors (Lipinski definition) is 4. The molecule has 0 atom stereocenters. The molecule has 2 rings (SSSR count). The molecule has 0 saturated carbocycles. The topological polar surface area (TPSA) is 32.3 Å². The third-order valence-electron chi connectivity index (χ3n) is 3.01. The van der Waals surface area contributed by atoms with Crippen LogP contribution in [0.15, 0.2) is 6.20 Å². The van der Waals surface area contributed by atoms with Crippen molar-refractivity contribution in [1.82, 2.24) is 14.9 Å². The van der Waals surface area contributed by atoms with Gasteiger partial charge in [0.1, 0.15) is 0 Å². The van der Waals surface area contributed by atoms with E-state index in [4.69, 9.17) is 11.6 Å². The lowest BCUT2D eigenvalue weighted by molar-refractivity contribution is 0.346. The molecule has 0 aromatic carbocycles. The highest BCUT2D eigenvalue weighted by Gasteiger charge is 2.14. The van der Waals surface area contributed by atoms with Crippen LogP contribution in [0.3, 0.4) is 0 Å². The van der Waals surface area contributed by atoms with Gasteiger partial charge in [-0.05, 0) is 37.5 Å². The number of nitrogens with zero attached hydrogens (tertiary/aromatic N) is 4. The van der Waals surface area contributed by atoms with E-state index in [1.54, 1.807) is 4.90 Å². The average Bonchev–Trinajstić information content (AvgIpc) is 2.82. The summed E-state index contributed by atoms with van der Waals surface area (Å²) < 4.78 is 13.5. The van der Waals surface area contributed by atoms with Crippen molar-refractivity contribution in [3.8, 4) is 0 Å². The maximum absolute atomic E-state index is 13.5. The summed E-state index contributed by atoms with van der Waals surface area (Å²) in [5, 5.41) is 0.0782. The monoisotopic (exact) mass is 258 g/mol. The molecular weight excluding hydrogens is 243 g/mol. The van der Waals surface area contributed by atoms with Crippen LogP contribution in [0, 0.1) is 5.82 Å². The number of likely N-dealkylation sites (N-methyl/N-ethyl adjacent to an activating group) is 1. The first-order chi connectivity index (χ1) is 8.16. The molecule has 4 nitrogen and oxygen atoms in total. The summed E-state index contributed by atoms with van der Waals surface area (Å²) in [7, 11) is 1.82. The van der Waals surface area contributed by atoms with Crippen molar-refractivity contribution in [3.05, 3.63) is 17.3 Å². The molecule has 0 aliphatic carbocycles. The van der Waals surface area contributed by atoms with Gasteiger partial charge in [0.25, 0.3) is 0 Å². The average molecular weight is 259 g/mol. The zero-order valence-electron chi connectivity index (χ0n) is 9.86. The Labute approximate surface area is 105 Å². The molecule has 0 unspecified atom stereocenters. The van der Waals surface area contributed by atoms with E-state index in [1.807, 2.05) is 7.05 Å². The van der Waals surface area contributed by atoms with Gasteiger partial charge in [-0.15, -0.1) is 0 Å². The summed E-state index contributed by atoms with van der Waals surface area (Å²) in [6.07, 6.45) is 3.63. The Balaban J connectivity index is 1.93. The fourth-order valence-corrected chi connectivity index (χ4v) is 2.14. The Bertz CT molecular complexity index is 382. The number of aromatic nitrogens is 2. The SMILES string of the molecule is CN(CCN1CCCC1)c1nc(Cl)ncc1F. The van der Waals surface area contributed by atoms with Gasteiger partial charge in [0.2, 0.25) is 5.28 Å². The van der Waals surface area contributed by atoms with Crippen LogP contribution in [-0.2, 0) is 0 Å². The van der Waals surface area contributed by atoms with E-state index in [1.165, 1.54) is 12.8 Å². The van der Waals surface area contributed by atoms with E-state index in [0.29, 0.717) is 0 Å². The highest BCUT2D eigenvalue weighted by molar-refractivity contribution is 6.28. The minimum absolute atomic E-state index is 0.0782.